The third kappa shape index (κ3) is 3.74. The SMILES string of the molecule is CO[C@H]1CN(C(C)C)C[C@@H]1NC(=O)Cn1nc(C)cc1N. The van der Waals surface area contributed by atoms with Crippen molar-refractivity contribution in [3.63, 3.8) is 0 Å². The van der Waals surface area contributed by atoms with E-state index in [1.807, 2.05) is 6.92 Å². The first-order chi connectivity index (χ1) is 9.90. The summed E-state index contributed by atoms with van der Waals surface area (Å²) in [5.74, 6) is 0.406. The minimum absolute atomic E-state index is 0.00258. The highest BCUT2D eigenvalue weighted by atomic mass is 16.5. The van der Waals surface area contributed by atoms with Crippen molar-refractivity contribution in [2.45, 2.75) is 45.5 Å². The molecule has 0 aromatic carbocycles. The van der Waals surface area contributed by atoms with Crippen LogP contribution < -0.4 is 11.1 Å². The molecule has 3 N–H and O–H groups in total. The maximum absolute atomic E-state index is 12.2. The van der Waals surface area contributed by atoms with Crippen LogP contribution in [0.25, 0.3) is 0 Å². The smallest absolute Gasteiger partial charge is 0.242 e. The van der Waals surface area contributed by atoms with Crippen molar-refractivity contribution in [1.82, 2.24) is 20.0 Å². The molecule has 0 bridgehead atoms. The highest BCUT2D eigenvalue weighted by molar-refractivity contribution is 5.76. The summed E-state index contributed by atoms with van der Waals surface area (Å²) in [5, 5.41) is 7.22. The Kier molecular flexibility index (Phi) is 4.84. The fraction of sp³-hybridized carbons (Fsp3) is 0.714. The fourth-order valence-corrected chi connectivity index (χ4v) is 2.68. The molecule has 1 fully saturated rings. The Hall–Kier alpha value is -1.60. The number of anilines is 1. The molecular weight excluding hydrogens is 270 g/mol. The molecule has 21 heavy (non-hydrogen) atoms. The summed E-state index contributed by atoms with van der Waals surface area (Å²) in [6.07, 6.45) is 0.0213. The molecule has 1 amide bonds. The molecular formula is C14H25N5O2. The first-order valence-electron chi connectivity index (χ1n) is 7.26. The van der Waals surface area contributed by atoms with E-state index in [0.717, 1.165) is 18.8 Å². The lowest BCUT2D eigenvalue weighted by atomic mass is 10.2. The average Bonchev–Trinajstić information content (AvgIpc) is 2.93. The zero-order valence-corrected chi connectivity index (χ0v) is 13.2. The predicted octanol–water partition coefficient (Wildman–Crippen LogP) is -0.00248. The minimum Gasteiger partial charge on any atom is -0.384 e. The quantitative estimate of drug-likeness (QED) is 0.798. The molecule has 118 valence electrons. The van der Waals surface area contributed by atoms with Gasteiger partial charge in [0.05, 0.1) is 17.8 Å². The number of likely N-dealkylation sites (tertiary alicyclic amines) is 1. The molecule has 1 aliphatic rings. The van der Waals surface area contributed by atoms with E-state index in [9.17, 15) is 4.79 Å². The third-order valence-electron chi connectivity index (χ3n) is 3.90. The molecule has 0 spiro atoms. The van der Waals surface area contributed by atoms with Crippen LogP contribution in [0.2, 0.25) is 0 Å². The van der Waals surface area contributed by atoms with Gasteiger partial charge in [0.2, 0.25) is 5.91 Å². The molecule has 2 atom stereocenters. The number of methoxy groups -OCH3 is 1. The topological polar surface area (TPSA) is 85.4 Å². The summed E-state index contributed by atoms with van der Waals surface area (Å²) in [7, 11) is 1.68. The maximum atomic E-state index is 12.2. The first-order valence-corrected chi connectivity index (χ1v) is 7.26. The second-order valence-corrected chi connectivity index (χ2v) is 5.86. The van der Waals surface area contributed by atoms with E-state index in [2.05, 4.69) is 29.2 Å². The largest absolute Gasteiger partial charge is 0.384 e. The molecule has 0 unspecified atom stereocenters. The van der Waals surface area contributed by atoms with Crippen LogP contribution in [-0.4, -0.2) is 59.0 Å². The van der Waals surface area contributed by atoms with Gasteiger partial charge in [-0.1, -0.05) is 0 Å². The Labute approximate surface area is 125 Å². The fourth-order valence-electron chi connectivity index (χ4n) is 2.68. The number of hydrogen-bond acceptors (Lipinski definition) is 5. The van der Waals surface area contributed by atoms with E-state index in [4.69, 9.17) is 10.5 Å². The van der Waals surface area contributed by atoms with E-state index < -0.39 is 0 Å². The van der Waals surface area contributed by atoms with Gasteiger partial charge >= 0.3 is 0 Å². The molecule has 1 aliphatic heterocycles. The second-order valence-electron chi connectivity index (χ2n) is 5.86. The average molecular weight is 295 g/mol. The van der Waals surface area contributed by atoms with Crippen LogP contribution in [0.1, 0.15) is 19.5 Å². The Morgan fingerprint density at radius 3 is 2.81 bits per heavy atom. The molecule has 1 aromatic rings. The number of hydrogen-bond donors (Lipinski definition) is 2. The van der Waals surface area contributed by atoms with Crippen molar-refractivity contribution in [1.29, 1.82) is 0 Å². The number of nitrogens with one attached hydrogen (secondary N) is 1. The minimum atomic E-state index is -0.0949. The van der Waals surface area contributed by atoms with Gasteiger partial charge in [-0.15, -0.1) is 0 Å². The van der Waals surface area contributed by atoms with Gasteiger partial charge in [0.15, 0.2) is 0 Å². The van der Waals surface area contributed by atoms with Crippen LogP contribution in [0.4, 0.5) is 5.82 Å². The van der Waals surface area contributed by atoms with E-state index >= 15 is 0 Å². The standard InChI is InChI=1S/C14H25N5O2/c1-9(2)18-6-11(12(7-18)21-4)16-14(20)8-19-13(15)5-10(3)17-19/h5,9,11-12H,6-8,15H2,1-4H3,(H,16,20)/t11-,12-/m0/s1. The van der Waals surface area contributed by atoms with Gasteiger partial charge in [0.1, 0.15) is 12.4 Å². The van der Waals surface area contributed by atoms with E-state index in [-0.39, 0.29) is 24.6 Å². The van der Waals surface area contributed by atoms with Crippen molar-refractivity contribution in [3.05, 3.63) is 11.8 Å². The highest BCUT2D eigenvalue weighted by Gasteiger charge is 2.34. The number of nitrogens with two attached hydrogens (primary N) is 1. The number of nitrogens with zero attached hydrogens (tertiary/aromatic N) is 3. The molecule has 2 rings (SSSR count). The van der Waals surface area contributed by atoms with E-state index in [0.29, 0.717) is 11.9 Å². The van der Waals surface area contributed by atoms with Gasteiger partial charge < -0.3 is 15.8 Å². The summed E-state index contributed by atoms with van der Waals surface area (Å²) in [6, 6.07) is 2.19. The molecule has 0 saturated carbocycles. The summed E-state index contributed by atoms with van der Waals surface area (Å²) in [6.45, 7) is 7.91. The summed E-state index contributed by atoms with van der Waals surface area (Å²) in [4.78, 5) is 14.5. The third-order valence-corrected chi connectivity index (χ3v) is 3.90. The van der Waals surface area contributed by atoms with Crippen LogP contribution in [0.3, 0.4) is 0 Å². The van der Waals surface area contributed by atoms with Crippen molar-refractivity contribution in [3.8, 4) is 0 Å². The normalized spacial score (nSPS) is 22.9. The lowest BCUT2D eigenvalue weighted by Crippen LogP contribution is -2.45. The van der Waals surface area contributed by atoms with Gasteiger partial charge in [-0.05, 0) is 20.8 Å². The lowest BCUT2D eigenvalue weighted by molar-refractivity contribution is -0.123. The van der Waals surface area contributed by atoms with Crippen molar-refractivity contribution in [2.75, 3.05) is 25.9 Å². The highest BCUT2D eigenvalue weighted by Crippen LogP contribution is 2.16. The number of ether oxygens (including phenoxy) is 1. The molecule has 1 aromatic heterocycles. The number of aromatic nitrogens is 2. The maximum Gasteiger partial charge on any atom is 0.242 e. The molecule has 1 saturated heterocycles. The first kappa shape index (κ1) is 15.8. The molecule has 7 heteroatoms. The van der Waals surface area contributed by atoms with Gasteiger partial charge in [-0.25, -0.2) is 4.68 Å². The lowest BCUT2D eigenvalue weighted by Gasteiger charge is -2.20. The number of nitrogen functional groups attached to an aromatic ring is 1. The number of amides is 1. The summed E-state index contributed by atoms with van der Waals surface area (Å²) in [5.41, 5.74) is 6.61. The second kappa shape index (κ2) is 6.44. The van der Waals surface area contributed by atoms with E-state index in [1.54, 1.807) is 13.2 Å². The van der Waals surface area contributed by atoms with Crippen molar-refractivity contribution >= 4 is 11.7 Å². The summed E-state index contributed by atoms with van der Waals surface area (Å²) < 4.78 is 7.00. The Bertz CT molecular complexity index is 500. The molecule has 0 radical (unpaired) electrons. The van der Waals surface area contributed by atoms with Crippen LogP contribution in [0.5, 0.6) is 0 Å². The predicted molar refractivity (Wildman–Crippen MR) is 80.8 cm³/mol. The van der Waals surface area contributed by atoms with E-state index in [1.165, 1.54) is 4.68 Å². The number of carbonyl (C=O) groups is 1. The van der Waals surface area contributed by atoms with Crippen LogP contribution in [-0.2, 0) is 16.1 Å². The number of carbonyl (C=O) groups excluding carboxylic acids is 1. The van der Waals surface area contributed by atoms with Crippen LogP contribution >= 0.6 is 0 Å². The van der Waals surface area contributed by atoms with Gasteiger partial charge in [0, 0.05) is 32.3 Å². The zero-order valence-electron chi connectivity index (χ0n) is 13.2. The Balaban J connectivity index is 1.94. The van der Waals surface area contributed by atoms with Crippen molar-refractivity contribution in [2.24, 2.45) is 0 Å². The molecule has 7 nitrogen and oxygen atoms in total. The number of rotatable bonds is 5. The molecule has 0 aliphatic carbocycles. The zero-order chi connectivity index (χ0) is 15.6. The van der Waals surface area contributed by atoms with Crippen molar-refractivity contribution < 1.29 is 9.53 Å². The van der Waals surface area contributed by atoms with Crippen LogP contribution in [0, 0.1) is 6.92 Å². The summed E-state index contributed by atoms with van der Waals surface area (Å²) >= 11 is 0. The van der Waals surface area contributed by atoms with Gasteiger partial charge in [-0.3, -0.25) is 9.69 Å². The Morgan fingerprint density at radius 1 is 1.57 bits per heavy atom. The van der Waals surface area contributed by atoms with Gasteiger partial charge in [0.25, 0.3) is 0 Å². The van der Waals surface area contributed by atoms with Crippen LogP contribution in [0.15, 0.2) is 6.07 Å². The molecule has 2 heterocycles. The Morgan fingerprint density at radius 2 is 2.29 bits per heavy atom. The monoisotopic (exact) mass is 295 g/mol. The number of aryl methyl sites for hydroxylation is 1. The van der Waals surface area contributed by atoms with Gasteiger partial charge in [-0.2, -0.15) is 5.10 Å².